The molecule has 1 aliphatic carbocycles. The Kier molecular flexibility index (Phi) is 6.11. The quantitative estimate of drug-likeness (QED) is 0.405. The van der Waals surface area contributed by atoms with Gasteiger partial charge in [-0.2, -0.15) is 0 Å². The second-order valence-electron chi connectivity index (χ2n) is 5.87. The number of allylic oxidation sites excluding steroid dienone is 2. The molecule has 3 rings (SSSR count). The summed E-state index contributed by atoms with van der Waals surface area (Å²) < 4.78 is 5.06. The molecule has 2 heterocycles. The molecule has 142 valence electrons. The van der Waals surface area contributed by atoms with Crippen molar-refractivity contribution in [1.82, 2.24) is 10.2 Å². The topological polar surface area (TPSA) is 153 Å². The SMILES string of the molecule is COC1=C(C(=O)O)N2C(=O)[C@@H](NC(=O)[C@H](N)C3C=CCC=C3)[C@H]2SC1.O. The number of hydrogen-bond donors (Lipinski definition) is 3. The minimum Gasteiger partial charge on any atom is -0.498 e. The Hall–Kier alpha value is -2.30. The van der Waals surface area contributed by atoms with Crippen LogP contribution in [0.4, 0.5) is 0 Å². The Balaban J connectivity index is 0.00000243. The van der Waals surface area contributed by atoms with Crippen LogP contribution >= 0.6 is 11.8 Å². The van der Waals surface area contributed by atoms with E-state index >= 15 is 0 Å². The first-order valence-electron chi connectivity index (χ1n) is 7.80. The van der Waals surface area contributed by atoms with Gasteiger partial charge >= 0.3 is 5.97 Å². The number of thioether (sulfide) groups is 1. The van der Waals surface area contributed by atoms with Gasteiger partial charge in [-0.25, -0.2) is 4.79 Å². The van der Waals surface area contributed by atoms with E-state index in [1.165, 1.54) is 18.9 Å². The van der Waals surface area contributed by atoms with Gasteiger partial charge in [-0.3, -0.25) is 14.5 Å². The fourth-order valence-corrected chi connectivity index (χ4v) is 4.34. The van der Waals surface area contributed by atoms with Crippen molar-refractivity contribution < 1.29 is 29.7 Å². The summed E-state index contributed by atoms with van der Waals surface area (Å²) in [4.78, 5) is 37.3. The second-order valence-corrected chi connectivity index (χ2v) is 6.98. The number of carbonyl (C=O) groups is 3. The van der Waals surface area contributed by atoms with Crippen LogP contribution in [-0.4, -0.2) is 63.6 Å². The number of nitrogens with zero attached hydrogens (tertiary/aromatic N) is 1. The molecule has 0 unspecified atom stereocenters. The van der Waals surface area contributed by atoms with Gasteiger partial charge in [0.2, 0.25) is 5.91 Å². The third-order valence-electron chi connectivity index (χ3n) is 4.39. The number of aliphatic carboxylic acids is 1. The van der Waals surface area contributed by atoms with Crippen molar-refractivity contribution in [2.75, 3.05) is 12.9 Å². The van der Waals surface area contributed by atoms with Gasteiger partial charge in [-0.05, 0) is 6.42 Å². The molecular formula is C16H21N3O6S. The number of nitrogens with two attached hydrogens (primary N) is 1. The number of fused-ring (bicyclic) bond motifs is 1. The summed E-state index contributed by atoms with van der Waals surface area (Å²) in [5.41, 5.74) is 5.82. The minimum absolute atomic E-state index is 0. The molecule has 0 spiro atoms. The highest BCUT2D eigenvalue weighted by Gasteiger charge is 2.55. The number of amides is 2. The number of carboxylic acid groups (broad SMARTS) is 1. The lowest BCUT2D eigenvalue weighted by molar-refractivity contribution is -0.151. The smallest absolute Gasteiger partial charge is 0.356 e. The predicted molar refractivity (Wildman–Crippen MR) is 94.7 cm³/mol. The van der Waals surface area contributed by atoms with Gasteiger partial charge in [0.25, 0.3) is 5.91 Å². The fourth-order valence-electron chi connectivity index (χ4n) is 3.02. The number of rotatable bonds is 5. The summed E-state index contributed by atoms with van der Waals surface area (Å²) in [7, 11) is 1.37. The van der Waals surface area contributed by atoms with Gasteiger partial charge in [0.05, 0.1) is 18.9 Å². The molecule has 0 aromatic carbocycles. The summed E-state index contributed by atoms with van der Waals surface area (Å²) in [6.45, 7) is 0. The lowest BCUT2D eigenvalue weighted by Crippen LogP contribution is -2.71. The molecule has 0 aromatic rings. The summed E-state index contributed by atoms with van der Waals surface area (Å²) >= 11 is 1.34. The molecule has 26 heavy (non-hydrogen) atoms. The van der Waals surface area contributed by atoms with Crippen LogP contribution in [0.15, 0.2) is 35.8 Å². The molecule has 0 saturated carbocycles. The normalized spacial score (nSPS) is 25.8. The number of β-lactam (4-membered cyclic amide) rings is 1. The first-order valence-corrected chi connectivity index (χ1v) is 8.85. The van der Waals surface area contributed by atoms with Gasteiger partial charge in [-0.1, -0.05) is 24.3 Å². The molecule has 6 N–H and O–H groups in total. The van der Waals surface area contributed by atoms with Gasteiger partial charge in [-0.15, -0.1) is 11.8 Å². The summed E-state index contributed by atoms with van der Waals surface area (Å²) in [5, 5.41) is 11.5. The highest BCUT2D eigenvalue weighted by Crippen LogP contribution is 2.40. The highest BCUT2D eigenvalue weighted by atomic mass is 32.2. The first kappa shape index (κ1) is 20.0. The van der Waals surface area contributed by atoms with E-state index in [4.69, 9.17) is 10.5 Å². The van der Waals surface area contributed by atoms with E-state index in [0.29, 0.717) is 5.75 Å². The lowest BCUT2D eigenvalue weighted by atomic mass is 9.94. The van der Waals surface area contributed by atoms with Gasteiger partial charge in [0, 0.05) is 5.92 Å². The Morgan fingerprint density at radius 2 is 2.08 bits per heavy atom. The number of carboxylic acids is 1. The van der Waals surface area contributed by atoms with Crippen molar-refractivity contribution in [1.29, 1.82) is 0 Å². The predicted octanol–water partition coefficient (Wildman–Crippen LogP) is -1.04. The summed E-state index contributed by atoms with van der Waals surface area (Å²) in [6.07, 6.45) is 8.41. The number of methoxy groups -OCH3 is 1. The number of hydrogen-bond acceptors (Lipinski definition) is 6. The molecule has 3 aliphatic rings. The zero-order valence-electron chi connectivity index (χ0n) is 14.0. The van der Waals surface area contributed by atoms with E-state index in [1.54, 1.807) is 0 Å². The van der Waals surface area contributed by atoms with E-state index in [1.807, 2.05) is 24.3 Å². The first-order chi connectivity index (χ1) is 12.0. The Bertz CT molecular complexity index is 692. The maximum Gasteiger partial charge on any atom is 0.356 e. The molecule has 0 radical (unpaired) electrons. The van der Waals surface area contributed by atoms with Crippen molar-refractivity contribution in [2.45, 2.75) is 23.9 Å². The molecule has 1 saturated heterocycles. The standard InChI is InChI=1S/C16H19N3O5S.H2O/c1-24-9-7-25-15-11(14(21)19(15)12(9)16(22)23)18-13(20)10(17)8-5-3-2-4-6-8;/h3-6,8,10-11,15H,2,7,17H2,1H3,(H,18,20)(H,22,23);1H2/t10-,11-,15-;/m1./s1. The molecule has 0 aromatic heterocycles. The zero-order valence-corrected chi connectivity index (χ0v) is 14.9. The Morgan fingerprint density at radius 3 is 2.65 bits per heavy atom. The highest BCUT2D eigenvalue weighted by molar-refractivity contribution is 8.00. The van der Waals surface area contributed by atoms with Crippen LogP contribution in [-0.2, 0) is 19.1 Å². The van der Waals surface area contributed by atoms with Crippen LogP contribution in [0, 0.1) is 5.92 Å². The van der Waals surface area contributed by atoms with Gasteiger partial charge < -0.3 is 26.4 Å². The summed E-state index contributed by atoms with van der Waals surface area (Å²) in [6, 6.07) is -1.58. The van der Waals surface area contributed by atoms with Crippen molar-refractivity contribution >= 4 is 29.5 Å². The van der Waals surface area contributed by atoms with E-state index in [0.717, 1.165) is 11.3 Å². The third-order valence-corrected chi connectivity index (χ3v) is 5.64. The Labute approximate surface area is 154 Å². The molecule has 3 atom stereocenters. The number of carbonyl (C=O) groups excluding carboxylic acids is 2. The van der Waals surface area contributed by atoms with Crippen molar-refractivity contribution in [3.05, 3.63) is 35.8 Å². The van der Waals surface area contributed by atoms with E-state index in [2.05, 4.69) is 5.32 Å². The summed E-state index contributed by atoms with van der Waals surface area (Å²) in [5.74, 6) is -1.79. The van der Waals surface area contributed by atoms with Crippen LogP contribution in [0.1, 0.15) is 6.42 Å². The molecule has 10 heteroatoms. The largest absolute Gasteiger partial charge is 0.498 e. The maximum absolute atomic E-state index is 12.4. The lowest BCUT2D eigenvalue weighted by Gasteiger charge is -2.49. The maximum atomic E-state index is 12.4. The van der Waals surface area contributed by atoms with Crippen molar-refractivity contribution in [3.63, 3.8) is 0 Å². The average Bonchev–Trinajstić information content (AvgIpc) is 2.64. The van der Waals surface area contributed by atoms with Crippen molar-refractivity contribution in [3.8, 4) is 0 Å². The second kappa shape index (κ2) is 7.94. The van der Waals surface area contributed by atoms with Crippen LogP contribution in [0.5, 0.6) is 0 Å². The molecule has 1 fully saturated rings. The molecule has 0 bridgehead atoms. The van der Waals surface area contributed by atoms with Crippen LogP contribution in [0.2, 0.25) is 0 Å². The van der Waals surface area contributed by atoms with E-state index < -0.39 is 35.2 Å². The van der Waals surface area contributed by atoms with Crippen LogP contribution in [0.3, 0.4) is 0 Å². The molecule has 2 aliphatic heterocycles. The zero-order chi connectivity index (χ0) is 18.1. The average molecular weight is 383 g/mol. The fraction of sp³-hybridized carbons (Fsp3) is 0.438. The number of ether oxygens (including phenoxy) is 1. The van der Waals surface area contributed by atoms with Crippen molar-refractivity contribution in [2.24, 2.45) is 11.7 Å². The Morgan fingerprint density at radius 1 is 1.42 bits per heavy atom. The van der Waals surface area contributed by atoms with E-state index in [-0.39, 0.29) is 22.9 Å². The van der Waals surface area contributed by atoms with Crippen LogP contribution in [0.25, 0.3) is 0 Å². The molecule has 9 nitrogen and oxygen atoms in total. The van der Waals surface area contributed by atoms with Gasteiger partial charge in [0.1, 0.15) is 17.2 Å². The molecular weight excluding hydrogens is 362 g/mol. The van der Waals surface area contributed by atoms with Gasteiger partial charge in [0.15, 0.2) is 5.70 Å². The number of nitrogens with one attached hydrogen (secondary N) is 1. The monoisotopic (exact) mass is 383 g/mol. The van der Waals surface area contributed by atoms with Crippen LogP contribution < -0.4 is 11.1 Å². The van der Waals surface area contributed by atoms with E-state index in [9.17, 15) is 19.5 Å². The minimum atomic E-state index is -1.23. The third kappa shape index (κ3) is 3.35. The molecule has 2 amide bonds.